The summed E-state index contributed by atoms with van der Waals surface area (Å²) in [5.41, 5.74) is 4.27. The van der Waals surface area contributed by atoms with E-state index in [1.54, 1.807) is 0 Å². The minimum atomic E-state index is -4.14. The average Bonchev–Trinajstić information content (AvgIpc) is 2.52. The van der Waals surface area contributed by atoms with Gasteiger partial charge < -0.3 is 0 Å². The molecule has 0 aliphatic heterocycles. The third-order valence-corrected chi connectivity index (χ3v) is 7.34. The Bertz CT molecular complexity index is 758. The number of aryl methyl sites for hydroxylation is 1. The van der Waals surface area contributed by atoms with Crippen LogP contribution in [0, 0.1) is 11.3 Å². The molecule has 0 bridgehead atoms. The largest absolute Gasteiger partial charge is 0.333 e. The van der Waals surface area contributed by atoms with Gasteiger partial charge in [-0.05, 0) is 65.0 Å². The fourth-order valence-electron chi connectivity index (χ4n) is 5.47. The van der Waals surface area contributed by atoms with E-state index in [0.717, 1.165) is 32.1 Å². The first-order valence-corrected chi connectivity index (χ1v) is 10.8. The van der Waals surface area contributed by atoms with Crippen molar-refractivity contribution in [2.45, 2.75) is 71.1 Å². The third kappa shape index (κ3) is 3.51. The zero-order valence-corrected chi connectivity index (χ0v) is 16.6. The zero-order chi connectivity index (χ0) is 18.5. The van der Waals surface area contributed by atoms with E-state index in [9.17, 15) is 8.42 Å². The molecular formula is C20H31NO3S. The molecule has 0 amide bonds. The summed E-state index contributed by atoms with van der Waals surface area (Å²) in [5.74, 6) is 0.951. The van der Waals surface area contributed by atoms with Crippen molar-refractivity contribution in [1.82, 2.24) is 4.72 Å². The lowest BCUT2D eigenvalue weighted by atomic mass is 9.50. The minimum Gasteiger partial charge on any atom is -0.273 e. The van der Waals surface area contributed by atoms with Crippen molar-refractivity contribution in [2.75, 3.05) is 6.54 Å². The van der Waals surface area contributed by atoms with Crippen LogP contribution in [0.2, 0.25) is 0 Å². The standard InChI is InChI=1S/C20H31NO3S/c1-14(2)15-6-8-17-16(12-15)7-9-18-19(3,13-21-25(22,23)24)10-5-11-20(17,18)4/h6,8,12,14,18,21H,5,7,9-11,13H2,1-4H3,(H,22,23,24)/t18-,19-,20+/m0/s1. The van der Waals surface area contributed by atoms with Gasteiger partial charge in [0.1, 0.15) is 0 Å². The monoisotopic (exact) mass is 365 g/mol. The van der Waals surface area contributed by atoms with Crippen LogP contribution in [-0.2, 0) is 22.1 Å². The molecule has 3 rings (SSSR count). The van der Waals surface area contributed by atoms with Crippen LogP contribution in [0.15, 0.2) is 18.2 Å². The SMILES string of the molecule is CC(C)c1ccc2c(c1)CC[C@H]1[C@](C)(CNS(=O)(=O)O)CCC[C@]21C. The van der Waals surface area contributed by atoms with Crippen LogP contribution in [0.3, 0.4) is 0 Å². The van der Waals surface area contributed by atoms with E-state index in [4.69, 9.17) is 4.55 Å². The zero-order valence-electron chi connectivity index (χ0n) is 15.8. The van der Waals surface area contributed by atoms with Crippen LogP contribution in [0.4, 0.5) is 0 Å². The maximum absolute atomic E-state index is 11.2. The predicted molar refractivity (Wildman–Crippen MR) is 101 cm³/mol. The van der Waals surface area contributed by atoms with Crippen molar-refractivity contribution in [1.29, 1.82) is 0 Å². The average molecular weight is 366 g/mol. The highest BCUT2D eigenvalue weighted by Gasteiger charge is 2.51. The van der Waals surface area contributed by atoms with Crippen molar-refractivity contribution in [3.05, 3.63) is 34.9 Å². The second-order valence-electron chi connectivity index (χ2n) is 8.88. The predicted octanol–water partition coefficient (Wildman–Crippen LogP) is 4.21. The molecule has 5 heteroatoms. The molecule has 0 radical (unpaired) electrons. The fraction of sp³-hybridized carbons (Fsp3) is 0.700. The van der Waals surface area contributed by atoms with Crippen molar-refractivity contribution in [3.63, 3.8) is 0 Å². The Morgan fingerprint density at radius 3 is 2.64 bits per heavy atom. The molecule has 140 valence electrons. The molecule has 0 saturated heterocycles. The summed E-state index contributed by atoms with van der Waals surface area (Å²) in [6, 6.07) is 6.96. The molecule has 2 aliphatic rings. The molecule has 2 N–H and O–H groups in total. The molecule has 3 atom stereocenters. The number of benzene rings is 1. The highest BCUT2D eigenvalue weighted by molar-refractivity contribution is 7.83. The van der Waals surface area contributed by atoms with Gasteiger partial charge in [0.15, 0.2) is 0 Å². The fourth-order valence-corrected chi connectivity index (χ4v) is 5.98. The summed E-state index contributed by atoms with van der Waals surface area (Å²) >= 11 is 0. The van der Waals surface area contributed by atoms with Gasteiger partial charge in [-0.1, -0.05) is 52.3 Å². The number of hydrogen-bond donors (Lipinski definition) is 2. The molecule has 4 nitrogen and oxygen atoms in total. The summed E-state index contributed by atoms with van der Waals surface area (Å²) in [6.07, 6.45) is 5.36. The van der Waals surface area contributed by atoms with Gasteiger partial charge >= 0.3 is 10.3 Å². The molecule has 1 aromatic rings. The summed E-state index contributed by atoms with van der Waals surface area (Å²) in [4.78, 5) is 0. The van der Waals surface area contributed by atoms with Crippen molar-refractivity contribution >= 4 is 10.3 Å². The molecule has 0 unspecified atom stereocenters. The first-order valence-electron chi connectivity index (χ1n) is 9.40. The van der Waals surface area contributed by atoms with Crippen LogP contribution < -0.4 is 4.72 Å². The maximum atomic E-state index is 11.2. The first-order chi connectivity index (χ1) is 11.6. The summed E-state index contributed by atoms with van der Waals surface area (Å²) in [6.45, 7) is 9.31. The first kappa shape index (κ1) is 18.9. The third-order valence-electron chi connectivity index (χ3n) is 6.83. The van der Waals surface area contributed by atoms with Gasteiger partial charge in [-0.15, -0.1) is 0 Å². The van der Waals surface area contributed by atoms with Crippen LogP contribution >= 0.6 is 0 Å². The van der Waals surface area contributed by atoms with Gasteiger partial charge in [-0.25, -0.2) is 0 Å². The second kappa shape index (κ2) is 6.36. The Labute approximate surface area is 152 Å². The van der Waals surface area contributed by atoms with E-state index in [-0.39, 0.29) is 10.8 Å². The molecule has 25 heavy (non-hydrogen) atoms. The van der Waals surface area contributed by atoms with Crippen LogP contribution in [0.25, 0.3) is 0 Å². The van der Waals surface area contributed by atoms with Crippen molar-refractivity contribution < 1.29 is 13.0 Å². The molecule has 1 aromatic carbocycles. The molecule has 0 spiro atoms. The van der Waals surface area contributed by atoms with Gasteiger partial charge in [-0.3, -0.25) is 4.55 Å². The van der Waals surface area contributed by atoms with Crippen LogP contribution in [0.1, 0.15) is 76.0 Å². The van der Waals surface area contributed by atoms with E-state index in [0.29, 0.717) is 18.4 Å². The number of rotatable bonds is 4. The summed E-state index contributed by atoms with van der Waals surface area (Å²) < 4.78 is 33.9. The number of hydrogen-bond acceptors (Lipinski definition) is 2. The van der Waals surface area contributed by atoms with Gasteiger partial charge in [0.05, 0.1) is 0 Å². The molecule has 1 saturated carbocycles. The summed E-state index contributed by atoms with van der Waals surface area (Å²) in [7, 11) is -4.14. The molecule has 1 fully saturated rings. The van der Waals surface area contributed by atoms with Crippen LogP contribution in [0.5, 0.6) is 0 Å². The minimum absolute atomic E-state index is 0.0803. The smallest absolute Gasteiger partial charge is 0.273 e. The van der Waals surface area contributed by atoms with Gasteiger partial charge in [0.25, 0.3) is 0 Å². The van der Waals surface area contributed by atoms with Crippen molar-refractivity contribution in [3.8, 4) is 0 Å². The molecule has 2 aliphatic carbocycles. The Kier molecular flexibility index (Phi) is 4.80. The maximum Gasteiger partial charge on any atom is 0.333 e. The van der Waals surface area contributed by atoms with Gasteiger partial charge in [0.2, 0.25) is 0 Å². The van der Waals surface area contributed by atoms with E-state index in [2.05, 4.69) is 50.6 Å². The molecule has 0 aromatic heterocycles. The Morgan fingerprint density at radius 1 is 1.28 bits per heavy atom. The lowest BCUT2D eigenvalue weighted by molar-refractivity contribution is 0.0295. The lowest BCUT2D eigenvalue weighted by Gasteiger charge is -2.55. The van der Waals surface area contributed by atoms with E-state index in [1.165, 1.54) is 16.7 Å². The quantitative estimate of drug-likeness (QED) is 0.785. The van der Waals surface area contributed by atoms with Gasteiger partial charge in [-0.2, -0.15) is 13.1 Å². The van der Waals surface area contributed by atoms with Crippen molar-refractivity contribution in [2.24, 2.45) is 11.3 Å². The normalized spacial score (nSPS) is 32.3. The summed E-state index contributed by atoms with van der Waals surface area (Å²) in [5, 5.41) is 0. The van der Waals surface area contributed by atoms with Gasteiger partial charge in [0, 0.05) is 6.54 Å². The highest BCUT2D eigenvalue weighted by Crippen LogP contribution is 2.57. The van der Waals surface area contributed by atoms with Crippen LogP contribution in [-0.4, -0.2) is 19.5 Å². The number of nitrogens with one attached hydrogen (secondary N) is 1. The topological polar surface area (TPSA) is 66.4 Å². The van der Waals surface area contributed by atoms with E-state index in [1.807, 2.05) is 0 Å². The van der Waals surface area contributed by atoms with E-state index >= 15 is 0 Å². The lowest BCUT2D eigenvalue weighted by Crippen LogP contribution is -2.53. The Hall–Kier alpha value is -0.910. The highest BCUT2D eigenvalue weighted by atomic mass is 32.2. The Balaban J connectivity index is 1.95. The number of fused-ring (bicyclic) bond motifs is 3. The molecular weight excluding hydrogens is 334 g/mol. The molecule has 0 heterocycles. The second-order valence-corrected chi connectivity index (χ2v) is 10.1. The van der Waals surface area contributed by atoms with E-state index < -0.39 is 10.3 Å². The Morgan fingerprint density at radius 2 is 2.00 bits per heavy atom.